The minimum atomic E-state index is 0. The molecule has 0 saturated heterocycles. The van der Waals surface area contributed by atoms with Crippen LogP contribution in [0.3, 0.4) is 0 Å². The average Bonchev–Trinajstić information content (AvgIpc) is 1.41. The normalized spacial score (nSPS) is 4.33. The highest BCUT2D eigenvalue weighted by molar-refractivity contribution is 9.09. The molecule has 0 bridgehead atoms. The van der Waals surface area contributed by atoms with E-state index in [1.807, 2.05) is 6.92 Å². The fourth-order valence-corrected chi connectivity index (χ4v) is 0.347. The highest BCUT2D eigenvalue weighted by Crippen LogP contribution is 1.70. The summed E-state index contributed by atoms with van der Waals surface area (Å²) in [4.78, 5) is 0. The van der Waals surface area contributed by atoms with Gasteiger partial charge in [0, 0.05) is 0 Å². The Labute approximate surface area is 57.2 Å². The fourth-order valence-electron chi connectivity index (χ4n) is 0.0668. The van der Waals surface area contributed by atoms with E-state index < -0.39 is 0 Å². The SMILES string of the molecule is Br.CC#CCBr. The predicted molar refractivity (Wildman–Crippen MR) is 37.6 cm³/mol. The molecule has 0 aromatic rings. The first kappa shape index (κ1) is 9.72. The Bertz CT molecular complexity index is 57.7. The van der Waals surface area contributed by atoms with Gasteiger partial charge in [0.1, 0.15) is 0 Å². The summed E-state index contributed by atoms with van der Waals surface area (Å²) in [7, 11) is 0. The first-order valence-electron chi connectivity index (χ1n) is 1.37. The Morgan fingerprint density at radius 1 is 1.67 bits per heavy atom. The maximum Gasteiger partial charge on any atom is 0.0645 e. The molecule has 0 aliphatic heterocycles. The monoisotopic (exact) mass is 212 g/mol. The van der Waals surface area contributed by atoms with Crippen molar-refractivity contribution in [3.63, 3.8) is 0 Å². The molecule has 0 saturated carbocycles. The molecule has 0 atom stereocenters. The Morgan fingerprint density at radius 3 is 2.17 bits per heavy atom. The zero-order chi connectivity index (χ0) is 4.12. The van der Waals surface area contributed by atoms with Gasteiger partial charge >= 0.3 is 0 Å². The van der Waals surface area contributed by atoms with Gasteiger partial charge in [0.05, 0.1) is 5.33 Å². The Morgan fingerprint density at radius 2 is 2.17 bits per heavy atom. The molecule has 6 heavy (non-hydrogen) atoms. The zero-order valence-electron chi connectivity index (χ0n) is 3.49. The van der Waals surface area contributed by atoms with Crippen LogP contribution in [-0.4, -0.2) is 5.33 Å². The molecule has 0 aromatic heterocycles. The molecule has 36 valence electrons. The van der Waals surface area contributed by atoms with Crippen LogP contribution < -0.4 is 0 Å². The standard InChI is InChI=1S/C4H5Br.BrH/c1-2-3-4-5;/h4H2,1H3;1H. The highest BCUT2D eigenvalue weighted by Gasteiger charge is 1.50. The lowest BCUT2D eigenvalue weighted by Crippen LogP contribution is -1.51. The highest BCUT2D eigenvalue weighted by atomic mass is 79.9. The minimum absolute atomic E-state index is 0. The molecule has 0 nitrogen and oxygen atoms in total. The molecule has 0 aliphatic rings. The van der Waals surface area contributed by atoms with Crippen LogP contribution in [0.1, 0.15) is 6.92 Å². The van der Waals surface area contributed by atoms with Crippen LogP contribution in [0.25, 0.3) is 0 Å². The van der Waals surface area contributed by atoms with Gasteiger partial charge < -0.3 is 0 Å². The Kier molecular flexibility index (Phi) is 14.8. The van der Waals surface area contributed by atoms with Gasteiger partial charge in [-0.2, -0.15) is 0 Å². The van der Waals surface area contributed by atoms with Crippen molar-refractivity contribution in [3.05, 3.63) is 0 Å². The number of hydrogen-bond acceptors (Lipinski definition) is 0. The largest absolute Gasteiger partial charge is 0.114 e. The minimum Gasteiger partial charge on any atom is -0.114 e. The third kappa shape index (κ3) is 8.82. The van der Waals surface area contributed by atoms with Crippen molar-refractivity contribution in [1.29, 1.82) is 0 Å². The molecule has 0 unspecified atom stereocenters. The molecule has 0 heterocycles. The molecule has 0 spiro atoms. The molecule has 0 fully saturated rings. The van der Waals surface area contributed by atoms with Crippen molar-refractivity contribution in [2.24, 2.45) is 0 Å². The average molecular weight is 214 g/mol. The Balaban J connectivity index is 0. The predicted octanol–water partition coefficient (Wildman–Crippen LogP) is 1.98. The quantitative estimate of drug-likeness (QED) is 0.427. The van der Waals surface area contributed by atoms with Crippen molar-refractivity contribution in [1.82, 2.24) is 0 Å². The van der Waals surface area contributed by atoms with Gasteiger partial charge in [0.25, 0.3) is 0 Å². The summed E-state index contributed by atoms with van der Waals surface area (Å²) in [6.45, 7) is 1.82. The van der Waals surface area contributed by atoms with Gasteiger partial charge in [-0.05, 0) is 6.92 Å². The molecule has 0 N–H and O–H groups in total. The second kappa shape index (κ2) is 9.10. The summed E-state index contributed by atoms with van der Waals surface area (Å²) in [5.74, 6) is 5.50. The molecule has 2 heteroatoms. The fraction of sp³-hybridized carbons (Fsp3) is 0.500. The lowest BCUT2D eigenvalue weighted by Gasteiger charge is -1.56. The van der Waals surface area contributed by atoms with Crippen LogP contribution in [0.15, 0.2) is 0 Å². The van der Waals surface area contributed by atoms with Crippen molar-refractivity contribution in [3.8, 4) is 11.8 Å². The molecule has 0 aliphatic carbocycles. The van der Waals surface area contributed by atoms with E-state index in [2.05, 4.69) is 27.8 Å². The summed E-state index contributed by atoms with van der Waals surface area (Å²) in [6, 6.07) is 0. The van der Waals surface area contributed by atoms with Crippen LogP contribution in [0.4, 0.5) is 0 Å². The van der Waals surface area contributed by atoms with E-state index in [0.29, 0.717) is 0 Å². The van der Waals surface area contributed by atoms with Crippen molar-refractivity contribution >= 4 is 32.9 Å². The number of rotatable bonds is 0. The van der Waals surface area contributed by atoms with Crippen molar-refractivity contribution < 1.29 is 0 Å². The number of alkyl halides is 1. The van der Waals surface area contributed by atoms with E-state index in [4.69, 9.17) is 0 Å². The lowest BCUT2D eigenvalue weighted by molar-refractivity contribution is 1.86. The smallest absolute Gasteiger partial charge is 0.0645 e. The van der Waals surface area contributed by atoms with E-state index >= 15 is 0 Å². The summed E-state index contributed by atoms with van der Waals surface area (Å²) in [5.41, 5.74) is 0. The molecule has 0 aromatic carbocycles. The first-order valence-corrected chi connectivity index (χ1v) is 2.49. The summed E-state index contributed by atoms with van der Waals surface area (Å²) >= 11 is 3.14. The topological polar surface area (TPSA) is 0 Å². The lowest BCUT2D eigenvalue weighted by atomic mass is 10.7. The van der Waals surface area contributed by atoms with E-state index in [-0.39, 0.29) is 17.0 Å². The van der Waals surface area contributed by atoms with Gasteiger partial charge in [-0.15, -0.1) is 22.9 Å². The molecular formula is C4H6Br2. The van der Waals surface area contributed by atoms with Crippen LogP contribution in [0.2, 0.25) is 0 Å². The van der Waals surface area contributed by atoms with E-state index in [1.54, 1.807) is 0 Å². The Hall–Kier alpha value is 0.520. The third-order valence-corrected chi connectivity index (χ3v) is 0.524. The van der Waals surface area contributed by atoms with Gasteiger partial charge in [0.2, 0.25) is 0 Å². The van der Waals surface area contributed by atoms with E-state index in [1.165, 1.54) is 0 Å². The molecule has 0 rings (SSSR count). The van der Waals surface area contributed by atoms with Crippen molar-refractivity contribution in [2.75, 3.05) is 5.33 Å². The molecular weight excluding hydrogens is 208 g/mol. The molecule has 0 amide bonds. The molecule has 0 radical (unpaired) electrons. The maximum absolute atomic E-state index is 3.14. The second-order valence-corrected chi connectivity index (χ2v) is 1.12. The van der Waals surface area contributed by atoms with E-state index in [9.17, 15) is 0 Å². The van der Waals surface area contributed by atoms with Gasteiger partial charge in [-0.25, -0.2) is 0 Å². The third-order valence-electron chi connectivity index (χ3n) is 0.244. The first-order chi connectivity index (χ1) is 2.41. The van der Waals surface area contributed by atoms with Crippen molar-refractivity contribution in [2.45, 2.75) is 6.92 Å². The van der Waals surface area contributed by atoms with Crippen LogP contribution >= 0.6 is 32.9 Å². The van der Waals surface area contributed by atoms with E-state index in [0.717, 1.165) is 5.33 Å². The summed E-state index contributed by atoms with van der Waals surface area (Å²) in [6.07, 6.45) is 0. The summed E-state index contributed by atoms with van der Waals surface area (Å²) < 4.78 is 0. The van der Waals surface area contributed by atoms with Crippen LogP contribution in [0, 0.1) is 11.8 Å². The maximum atomic E-state index is 3.14. The second-order valence-electron chi connectivity index (χ2n) is 0.560. The van der Waals surface area contributed by atoms with Gasteiger partial charge in [-0.1, -0.05) is 21.9 Å². The van der Waals surface area contributed by atoms with Gasteiger partial charge in [-0.3, -0.25) is 0 Å². The van der Waals surface area contributed by atoms with Crippen LogP contribution in [0.5, 0.6) is 0 Å². The van der Waals surface area contributed by atoms with Gasteiger partial charge in [0.15, 0.2) is 0 Å². The number of halogens is 2. The summed E-state index contributed by atoms with van der Waals surface area (Å²) in [5, 5.41) is 0.795. The number of hydrogen-bond donors (Lipinski definition) is 0. The van der Waals surface area contributed by atoms with Crippen LogP contribution in [-0.2, 0) is 0 Å². The zero-order valence-corrected chi connectivity index (χ0v) is 6.79.